The van der Waals surface area contributed by atoms with Gasteiger partial charge in [-0.2, -0.15) is 0 Å². The summed E-state index contributed by atoms with van der Waals surface area (Å²) < 4.78 is 13.0. The third kappa shape index (κ3) is 2.54. The molecule has 0 bridgehead atoms. The predicted molar refractivity (Wildman–Crippen MR) is 56.8 cm³/mol. The zero-order valence-electron chi connectivity index (χ0n) is 7.20. The number of hydrogen-bond donors (Lipinski definition) is 2. The second kappa shape index (κ2) is 4.20. The van der Waals surface area contributed by atoms with E-state index in [0.717, 1.165) is 6.08 Å². The summed E-state index contributed by atoms with van der Waals surface area (Å²) in [7, 11) is 2.28. The Morgan fingerprint density at radius 3 is 2.71 bits per heavy atom. The van der Waals surface area contributed by atoms with E-state index in [1.54, 1.807) is 6.07 Å². The quantitative estimate of drug-likeness (QED) is 0.437. The minimum atomic E-state index is -1.08. The molecule has 1 aromatic rings. The Balaban J connectivity index is 3.07. The van der Waals surface area contributed by atoms with Crippen LogP contribution in [0, 0.1) is 5.82 Å². The molecule has 1 rings (SSSR count). The SMILES string of the molecule is Nc1c(F)cc(/C=C/C(=O)O)cc1P. The van der Waals surface area contributed by atoms with Crippen molar-refractivity contribution in [3.8, 4) is 0 Å². The molecule has 0 fully saturated rings. The van der Waals surface area contributed by atoms with Gasteiger partial charge in [0.2, 0.25) is 0 Å². The maximum absolute atomic E-state index is 13.0. The second-order valence-electron chi connectivity index (χ2n) is 2.68. The molecular formula is C9H9FNO2P. The molecule has 0 spiro atoms. The molecule has 0 amide bonds. The van der Waals surface area contributed by atoms with Crippen LogP contribution < -0.4 is 11.0 Å². The van der Waals surface area contributed by atoms with E-state index >= 15 is 0 Å². The molecule has 0 aliphatic carbocycles. The molecule has 3 nitrogen and oxygen atoms in total. The number of nitrogen functional groups attached to an aromatic ring is 1. The van der Waals surface area contributed by atoms with Crippen LogP contribution in [0.2, 0.25) is 0 Å². The summed E-state index contributed by atoms with van der Waals surface area (Å²) in [5, 5.41) is 8.87. The van der Waals surface area contributed by atoms with Crippen LogP contribution in [0.3, 0.4) is 0 Å². The Morgan fingerprint density at radius 1 is 1.57 bits per heavy atom. The highest BCUT2D eigenvalue weighted by Crippen LogP contribution is 2.13. The van der Waals surface area contributed by atoms with Crippen LogP contribution in [0.15, 0.2) is 18.2 Å². The molecule has 0 saturated heterocycles. The van der Waals surface area contributed by atoms with Crippen molar-refractivity contribution in [2.75, 3.05) is 5.73 Å². The van der Waals surface area contributed by atoms with E-state index < -0.39 is 11.8 Å². The van der Waals surface area contributed by atoms with Crippen molar-refractivity contribution in [3.63, 3.8) is 0 Å². The van der Waals surface area contributed by atoms with E-state index in [-0.39, 0.29) is 5.69 Å². The summed E-state index contributed by atoms with van der Waals surface area (Å²) in [6.07, 6.45) is 2.24. The molecule has 14 heavy (non-hydrogen) atoms. The highest BCUT2D eigenvalue weighted by Gasteiger charge is 2.02. The highest BCUT2D eigenvalue weighted by molar-refractivity contribution is 7.28. The minimum Gasteiger partial charge on any atom is -0.478 e. The topological polar surface area (TPSA) is 63.3 Å². The number of anilines is 1. The number of rotatable bonds is 2. The lowest BCUT2D eigenvalue weighted by atomic mass is 10.2. The first kappa shape index (κ1) is 10.7. The molecule has 0 heterocycles. The number of carbonyl (C=O) groups is 1. The van der Waals surface area contributed by atoms with Crippen LogP contribution in [0.1, 0.15) is 5.56 Å². The van der Waals surface area contributed by atoms with Crippen LogP contribution in [0.5, 0.6) is 0 Å². The normalized spacial score (nSPS) is 10.7. The summed E-state index contributed by atoms with van der Waals surface area (Å²) in [6, 6.07) is 2.77. The lowest BCUT2D eigenvalue weighted by Gasteiger charge is -2.02. The van der Waals surface area contributed by atoms with E-state index in [1.165, 1.54) is 12.1 Å². The third-order valence-electron chi connectivity index (χ3n) is 1.60. The highest BCUT2D eigenvalue weighted by atomic mass is 31.0. The van der Waals surface area contributed by atoms with Crippen molar-refractivity contribution in [2.45, 2.75) is 0 Å². The van der Waals surface area contributed by atoms with Crippen molar-refractivity contribution in [3.05, 3.63) is 29.6 Å². The first-order chi connectivity index (χ1) is 6.50. The molecule has 0 aliphatic heterocycles. The summed E-state index contributed by atoms with van der Waals surface area (Å²) in [5.41, 5.74) is 5.89. The van der Waals surface area contributed by atoms with Gasteiger partial charge < -0.3 is 10.8 Å². The number of carboxylic acids is 1. The van der Waals surface area contributed by atoms with Crippen molar-refractivity contribution >= 4 is 32.3 Å². The van der Waals surface area contributed by atoms with Crippen molar-refractivity contribution in [1.29, 1.82) is 0 Å². The molecule has 3 N–H and O–H groups in total. The number of nitrogens with two attached hydrogens (primary N) is 1. The largest absolute Gasteiger partial charge is 0.478 e. The van der Waals surface area contributed by atoms with Gasteiger partial charge in [-0.15, -0.1) is 9.24 Å². The number of carboxylic acid groups (broad SMARTS) is 1. The molecule has 0 saturated carbocycles. The Bertz CT molecular complexity index is 381. The zero-order valence-corrected chi connectivity index (χ0v) is 8.35. The standard InChI is InChI=1S/C9H9FNO2P/c10-6-3-5(1-2-8(12)13)4-7(14)9(6)11/h1-4H,11,14H2,(H,12,13)/b2-1+. The molecule has 0 aliphatic rings. The van der Waals surface area contributed by atoms with Crippen LogP contribution in [0.4, 0.5) is 10.1 Å². The Hall–Kier alpha value is -1.41. The minimum absolute atomic E-state index is 0.0578. The van der Waals surface area contributed by atoms with Crippen LogP contribution in [-0.2, 0) is 4.79 Å². The van der Waals surface area contributed by atoms with E-state index in [4.69, 9.17) is 10.8 Å². The second-order valence-corrected chi connectivity index (χ2v) is 3.30. The number of hydrogen-bond acceptors (Lipinski definition) is 2. The monoisotopic (exact) mass is 213 g/mol. The van der Waals surface area contributed by atoms with Crippen molar-refractivity contribution in [1.82, 2.24) is 0 Å². The number of halogens is 1. The van der Waals surface area contributed by atoms with Crippen LogP contribution in [0.25, 0.3) is 6.08 Å². The lowest BCUT2D eigenvalue weighted by molar-refractivity contribution is -0.131. The smallest absolute Gasteiger partial charge is 0.328 e. The average Bonchev–Trinajstić information content (AvgIpc) is 2.10. The van der Waals surface area contributed by atoms with Gasteiger partial charge in [-0.3, -0.25) is 0 Å². The molecule has 1 atom stereocenters. The molecular weight excluding hydrogens is 204 g/mol. The van der Waals surface area contributed by atoms with Crippen LogP contribution >= 0.6 is 9.24 Å². The Labute approximate surface area is 82.6 Å². The van der Waals surface area contributed by atoms with Gasteiger partial charge >= 0.3 is 5.97 Å². The van der Waals surface area contributed by atoms with Crippen LogP contribution in [-0.4, -0.2) is 11.1 Å². The third-order valence-corrected chi connectivity index (χ3v) is 2.08. The first-order valence-corrected chi connectivity index (χ1v) is 4.34. The number of benzene rings is 1. The molecule has 74 valence electrons. The fourth-order valence-electron chi connectivity index (χ4n) is 0.925. The van der Waals surface area contributed by atoms with Gasteiger partial charge in [0.05, 0.1) is 5.69 Å². The summed E-state index contributed by atoms with van der Waals surface area (Å²) in [5.74, 6) is -1.63. The molecule has 5 heteroatoms. The number of aliphatic carboxylic acids is 1. The van der Waals surface area contributed by atoms with Gasteiger partial charge in [0.25, 0.3) is 0 Å². The predicted octanol–water partition coefficient (Wildman–Crippen LogP) is 1.01. The van der Waals surface area contributed by atoms with E-state index in [9.17, 15) is 9.18 Å². The summed E-state index contributed by atoms with van der Waals surface area (Å²) in [4.78, 5) is 10.2. The molecule has 0 radical (unpaired) electrons. The fourth-order valence-corrected chi connectivity index (χ4v) is 1.26. The average molecular weight is 213 g/mol. The van der Waals surface area contributed by atoms with Gasteiger partial charge in [0, 0.05) is 6.08 Å². The van der Waals surface area contributed by atoms with Crippen molar-refractivity contribution in [2.24, 2.45) is 0 Å². The Kier molecular flexibility index (Phi) is 3.20. The van der Waals surface area contributed by atoms with Crippen molar-refractivity contribution < 1.29 is 14.3 Å². The zero-order chi connectivity index (χ0) is 10.7. The van der Waals surface area contributed by atoms with Gasteiger partial charge in [-0.25, -0.2) is 9.18 Å². The maximum Gasteiger partial charge on any atom is 0.328 e. The van der Waals surface area contributed by atoms with Gasteiger partial charge in [-0.1, -0.05) is 0 Å². The van der Waals surface area contributed by atoms with Gasteiger partial charge in [0.15, 0.2) is 0 Å². The van der Waals surface area contributed by atoms with E-state index in [0.29, 0.717) is 10.9 Å². The van der Waals surface area contributed by atoms with E-state index in [2.05, 4.69) is 9.24 Å². The van der Waals surface area contributed by atoms with Gasteiger partial charge in [-0.05, 0) is 29.1 Å². The maximum atomic E-state index is 13.0. The molecule has 0 aromatic heterocycles. The van der Waals surface area contributed by atoms with E-state index in [1.807, 2.05) is 0 Å². The Morgan fingerprint density at radius 2 is 2.21 bits per heavy atom. The van der Waals surface area contributed by atoms with Gasteiger partial charge in [0.1, 0.15) is 5.82 Å². The first-order valence-electron chi connectivity index (χ1n) is 3.76. The summed E-state index contributed by atoms with van der Waals surface area (Å²) >= 11 is 0. The molecule has 1 aromatic carbocycles. The lowest BCUT2D eigenvalue weighted by Crippen LogP contribution is -2.05. The summed E-state index contributed by atoms with van der Waals surface area (Å²) in [6.45, 7) is 0. The molecule has 1 unspecified atom stereocenters. The fraction of sp³-hybridized carbons (Fsp3) is 0.